The molecule has 0 aromatic heterocycles. The first kappa shape index (κ1) is 28.2. The lowest BCUT2D eigenvalue weighted by Crippen LogP contribution is -2.21. The number of carbonyl (C=O) groups is 2. The van der Waals surface area contributed by atoms with Crippen LogP contribution in [0.2, 0.25) is 0 Å². The van der Waals surface area contributed by atoms with Gasteiger partial charge in [0, 0.05) is 5.56 Å². The Morgan fingerprint density at radius 2 is 1.66 bits per heavy atom. The van der Waals surface area contributed by atoms with Crippen LogP contribution < -0.4 is 10.5 Å². The number of alkyl halides is 3. The summed E-state index contributed by atoms with van der Waals surface area (Å²) >= 11 is 0. The first-order chi connectivity index (χ1) is 16.3. The van der Waals surface area contributed by atoms with Crippen LogP contribution in [0.4, 0.5) is 13.2 Å². The van der Waals surface area contributed by atoms with Crippen LogP contribution in [0.5, 0.6) is 5.75 Å². The molecule has 1 aliphatic carbocycles. The number of rotatable bonds is 7. The van der Waals surface area contributed by atoms with Gasteiger partial charge in [-0.15, -0.1) is 0 Å². The molecule has 0 radical (unpaired) electrons. The molecule has 0 bridgehead atoms. The number of amides is 1. The summed E-state index contributed by atoms with van der Waals surface area (Å²) in [4.78, 5) is 20.5. The summed E-state index contributed by atoms with van der Waals surface area (Å²) in [5, 5.41) is 7.12. The zero-order chi connectivity index (χ0) is 26.2. The molecule has 0 unspecified atom stereocenters. The summed E-state index contributed by atoms with van der Waals surface area (Å²) in [5.74, 6) is -1.37. The number of halogens is 3. The molecule has 0 atom stereocenters. The van der Waals surface area contributed by atoms with Gasteiger partial charge in [-0.1, -0.05) is 38.1 Å². The molecule has 0 aliphatic heterocycles. The van der Waals surface area contributed by atoms with Crippen molar-refractivity contribution in [2.45, 2.75) is 65.5 Å². The van der Waals surface area contributed by atoms with Crippen LogP contribution >= 0.6 is 0 Å². The van der Waals surface area contributed by atoms with Gasteiger partial charge in [0.1, 0.15) is 5.75 Å². The molecule has 0 spiro atoms. The van der Waals surface area contributed by atoms with E-state index in [2.05, 4.69) is 13.8 Å². The number of benzene rings is 2. The number of nitrogens with two attached hydrogens (primary N) is 1. The van der Waals surface area contributed by atoms with Gasteiger partial charge in [-0.25, -0.2) is 4.79 Å². The summed E-state index contributed by atoms with van der Waals surface area (Å²) < 4.78 is 37.7. The zero-order valence-electron chi connectivity index (χ0n) is 20.5. The molecule has 8 heteroatoms. The lowest BCUT2D eigenvalue weighted by atomic mass is 9.72. The fourth-order valence-corrected chi connectivity index (χ4v) is 4.26. The van der Waals surface area contributed by atoms with E-state index in [0.29, 0.717) is 11.0 Å². The van der Waals surface area contributed by atoms with Gasteiger partial charge in [0.2, 0.25) is 5.91 Å². The largest absolute Gasteiger partial charge is 0.494 e. The van der Waals surface area contributed by atoms with Gasteiger partial charge >= 0.3 is 12.1 Å². The second-order valence-electron chi connectivity index (χ2n) is 9.77. The van der Waals surface area contributed by atoms with Gasteiger partial charge in [0.25, 0.3) is 0 Å². The Bertz CT molecular complexity index is 990. The third-order valence-electron chi connectivity index (χ3n) is 6.49. The Morgan fingerprint density at radius 1 is 1.09 bits per heavy atom. The lowest BCUT2D eigenvalue weighted by molar-refractivity contribution is -0.192. The van der Waals surface area contributed by atoms with Crippen molar-refractivity contribution in [2.75, 3.05) is 6.61 Å². The summed E-state index contributed by atoms with van der Waals surface area (Å²) in [7, 11) is 0. The number of carboxylic acids is 1. The Labute approximate surface area is 204 Å². The average Bonchev–Trinajstić information content (AvgIpc) is 2.78. The van der Waals surface area contributed by atoms with Crippen molar-refractivity contribution in [1.82, 2.24) is 0 Å². The first-order valence-electron chi connectivity index (χ1n) is 11.7. The number of hydrogen-bond donors (Lipinski definition) is 2. The third kappa shape index (κ3) is 8.92. The number of primary amides is 1. The lowest BCUT2D eigenvalue weighted by Gasteiger charge is -2.34. The van der Waals surface area contributed by atoms with E-state index < -0.39 is 12.1 Å². The molecule has 3 rings (SSSR count). The summed E-state index contributed by atoms with van der Waals surface area (Å²) in [6.07, 6.45) is 2.75. The Hall–Kier alpha value is -3.03. The summed E-state index contributed by atoms with van der Waals surface area (Å²) in [5.41, 5.74) is 9.59. The quantitative estimate of drug-likeness (QED) is 0.417. The van der Waals surface area contributed by atoms with E-state index in [1.807, 2.05) is 43.3 Å². The summed E-state index contributed by atoms with van der Waals surface area (Å²) in [6.45, 7) is 7.49. The van der Waals surface area contributed by atoms with E-state index in [-0.39, 0.29) is 5.91 Å². The van der Waals surface area contributed by atoms with Crippen molar-refractivity contribution in [3.05, 3.63) is 53.6 Å². The van der Waals surface area contributed by atoms with Crippen molar-refractivity contribution < 1.29 is 32.6 Å². The highest BCUT2D eigenvalue weighted by molar-refractivity contribution is 5.96. The maximum absolute atomic E-state index is 11.6. The third-order valence-corrected chi connectivity index (χ3v) is 6.49. The molecule has 192 valence electrons. The molecule has 5 nitrogen and oxygen atoms in total. The average molecular weight is 494 g/mol. The molecule has 35 heavy (non-hydrogen) atoms. The van der Waals surface area contributed by atoms with E-state index in [1.54, 1.807) is 6.07 Å². The predicted octanol–water partition coefficient (Wildman–Crippen LogP) is 6.77. The van der Waals surface area contributed by atoms with Crippen LogP contribution in [-0.4, -0.2) is 29.8 Å². The number of carboxylic acid groups (broad SMARTS) is 1. The number of aliphatic carboxylic acids is 1. The van der Waals surface area contributed by atoms with Gasteiger partial charge in [-0.2, -0.15) is 13.2 Å². The van der Waals surface area contributed by atoms with E-state index >= 15 is 0 Å². The predicted molar refractivity (Wildman–Crippen MR) is 129 cm³/mol. The first-order valence-corrected chi connectivity index (χ1v) is 11.7. The molecule has 0 saturated heterocycles. The van der Waals surface area contributed by atoms with Crippen LogP contribution in [0.3, 0.4) is 0 Å². The second-order valence-corrected chi connectivity index (χ2v) is 9.77. The van der Waals surface area contributed by atoms with Crippen LogP contribution in [0, 0.1) is 18.3 Å². The fraction of sp³-hybridized carbons (Fsp3) is 0.481. The SMILES string of the molecule is Cc1c(C(N)=O)cccc1-c1ccc(OCCCC2CCC(C)(C)CC2)cc1.O=C(O)C(F)(F)F. The zero-order valence-corrected chi connectivity index (χ0v) is 20.5. The van der Waals surface area contributed by atoms with E-state index in [0.717, 1.165) is 41.4 Å². The molecule has 0 heterocycles. The highest BCUT2D eigenvalue weighted by Crippen LogP contribution is 2.39. The minimum atomic E-state index is -5.08. The molecule has 3 N–H and O–H groups in total. The van der Waals surface area contributed by atoms with E-state index in [1.165, 1.54) is 32.1 Å². The van der Waals surface area contributed by atoms with Gasteiger partial charge in [-0.3, -0.25) is 4.79 Å². The van der Waals surface area contributed by atoms with Gasteiger partial charge in [-0.05, 0) is 91.7 Å². The topological polar surface area (TPSA) is 89.6 Å². The molecule has 1 aliphatic rings. The fourth-order valence-electron chi connectivity index (χ4n) is 4.26. The van der Waals surface area contributed by atoms with Crippen molar-refractivity contribution in [1.29, 1.82) is 0 Å². The number of ether oxygens (including phenoxy) is 1. The minimum Gasteiger partial charge on any atom is -0.494 e. The minimum absolute atomic E-state index is 0.388. The van der Waals surface area contributed by atoms with Gasteiger partial charge < -0.3 is 15.6 Å². The molecular formula is C27H34F3NO4. The van der Waals surface area contributed by atoms with E-state index in [9.17, 15) is 18.0 Å². The Kier molecular flexibility index (Phi) is 9.74. The van der Waals surface area contributed by atoms with E-state index in [4.69, 9.17) is 20.4 Å². The highest BCUT2D eigenvalue weighted by Gasteiger charge is 2.38. The van der Waals surface area contributed by atoms with Crippen LogP contribution in [0.15, 0.2) is 42.5 Å². The second kappa shape index (κ2) is 12.1. The highest BCUT2D eigenvalue weighted by atomic mass is 19.4. The van der Waals surface area contributed by atoms with Crippen molar-refractivity contribution in [3.8, 4) is 16.9 Å². The van der Waals surface area contributed by atoms with Crippen molar-refractivity contribution in [2.24, 2.45) is 17.1 Å². The maximum Gasteiger partial charge on any atom is 0.490 e. The monoisotopic (exact) mass is 493 g/mol. The Balaban J connectivity index is 0.000000540. The molecule has 1 saturated carbocycles. The molecule has 2 aromatic carbocycles. The molecule has 1 fully saturated rings. The van der Waals surface area contributed by atoms with Gasteiger partial charge in [0.15, 0.2) is 0 Å². The van der Waals surface area contributed by atoms with Crippen molar-refractivity contribution in [3.63, 3.8) is 0 Å². The maximum atomic E-state index is 11.6. The molecular weight excluding hydrogens is 459 g/mol. The van der Waals surface area contributed by atoms with Gasteiger partial charge in [0.05, 0.1) is 6.61 Å². The normalized spacial score (nSPS) is 15.6. The van der Waals surface area contributed by atoms with Crippen LogP contribution in [0.25, 0.3) is 11.1 Å². The van der Waals surface area contributed by atoms with Crippen LogP contribution in [0.1, 0.15) is 68.3 Å². The molecule has 1 amide bonds. The van der Waals surface area contributed by atoms with Crippen molar-refractivity contribution >= 4 is 11.9 Å². The smallest absolute Gasteiger partial charge is 0.490 e. The molecule has 2 aromatic rings. The van der Waals surface area contributed by atoms with Crippen LogP contribution in [-0.2, 0) is 4.79 Å². The Morgan fingerprint density at radius 3 is 2.17 bits per heavy atom. The standard InChI is InChI=1S/C25H33NO2.C2HF3O2/c1-18-22(7-4-8-23(18)24(26)27)20-9-11-21(12-10-20)28-17-5-6-19-13-15-25(2,3)16-14-19;3-2(4,5)1(6)7/h4,7-12,19H,5-6,13-17H2,1-3H3,(H2,26,27);(H,6,7). The number of hydrogen-bond acceptors (Lipinski definition) is 3. The number of carbonyl (C=O) groups excluding carboxylic acids is 1. The summed E-state index contributed by atoms with van der Waals surface area (Å²) in [6, 6.07) is 13.8.